The van der Waals surface area contributed by atoms with Crippen molar-refractivity contribution in [2.45, 2.75) is 102 Å². The topological polar surface area (TPSA) is 149 Å². The molecule has 1 heterocycles. The number of carbonyl (C=O) groups excluding carboxylic acids is 1. The molecular formula is C47H65FN2O10. The molecule has 13 heteroatoms. The number of hydrogen-bond acceptors (Lipinski definition) is 11. The number of fused-ring (bicyclic) bond motifs is 2. The third kappa shape index (κ3) is 11.6. The summed E-state index contributed by atoms with van der Waals surface area (Å²) < 4.78 is 46.8. The van der Waals surface area contributed by atoms with Crippen molar-refractivity contribution >= 4 is 11.8 Å². The molecule has 60 heavy (non-hydrogen) atoms. The van der Waals surface area contributed by atoms with Gasteiger partial charge in [0.2, 0.25) is 5.79 Å². The van der Waals surface area contributed by atoms with Crippen LogP contribution in [0.5, 0.6) is 11.5 Å². The highest BCUT2D eigenvalue weighted by Gasteiger charge is 2.65. The van der Waals surface area contributed by atoms with Crippen LogP contribution in [0.1, 0.15) is 89.2 Å². The quantitative estimate of drug-likeness (QED) is 0.0542. The van der Waals surface area contributed by atoms with Gasteiger partial charge in [0, 0.05) is 43.2 Å². The number of unbranched alkanes of at least 4 members (excludes halogenated alkanes) is 2. The number of hydrogen-bond donors (Lipinski definition) is 3. The number of halogens is 1. The van der Waals surface area contributed by atoms with Crippen molar-refractivity contribution in [2.75, 3.05) is 52.8 Å². The third-order valence-electron chi connectivity index (χ3n) is 11.3. The highest BCUT2D eigenvalue weighted by molar-refractivity contribution is 6.03. The van der Waals surface area contributed by atoms with Gasteiger partial charge in [0.1, 0.15) is 35.6 Å². The molecule has 1 fully saturated rings. The summed E-state index contributed by atoms with van der Waals surface area (Å²) in [5.41, 5.74) is 2.19. The standard InChI is InChI=1S/C47H65FN2O10/c1-6-8-26-56-45(54)50(21-27-55-28-24-53)42-31-40(49-60-46(3,4)5)37-29-33(15-11-13-22-51)36(17-12-14-23-52)43-38-30-35(57-32-34-16-9-10-18-39(34)48)19-20-41(38)59-47(42,44(37)43)58-25-7-2/h6-7,9-10,16,18-20,29-30,33,36,42-44,51-53H,1-2,8,11-15,17,21-28,31-32H2,3-5H3/t33-,36+,42-,43+,44+,47+/m0/s1. The minimum Gasteiger partial charge on any atom is -0.489 e. The van der Waals surface area contributed by atoms with E-state index in [-0.39, 0.29) is 89.4 Å². The van der Waals surface area contributed by atoms with Gasteiger partial charge in [-0.2, -0.15) is 0 Å². The second-order valence-corrected chi connectivity index (χ2v) is 16.6. The van der Waals surface area contributed by atoms with E-state index in [1.54, 1.807) is 41.3 Å². The van der Waals surface area contributed by atoms with Crippen LogP contribution in [0.2, 0.25) is 0 Å². The van der Waals surface area contributed by atoms with E-state index in [1.165, 1.54) is 6.07 Å². The van der Waals surface area contributed by atoms with Gasteiger partial charge >= 0.3 is 6.09 Å². The number of ether oxygens (including phenoxy) is 5. The first-order valence-corrected chi connectivity index (χ1v) is 21.4. The minimum absolute atomic E-state index is 0.00965. The molecule has 2 aromatic rings. The third-order valence-corrected chi connectivity index (χ3v) is 11.3. The van der Waals surface area contributed by atoms with Crippen LogP contribution in [-0.2, 0) is 25.7 Å². The molecule has 0 unspecified atom stereocenters. The normalized spacial score (nSPS) is 23.8. The molecule has 6 atom stereocenters. The first kappa shape index (κ1) is 46.8. The molecule has 2 aliphatic carbocycles. The fraction of sp³-hybridized carbons (Fsp3) is 0.574. The second-order valence-electron chi connectivity index (χ2n) is 16.6. The maximum atomic E-state index is 14.7. The van der Waals surface area contributed by atoms with Crippen LogP contribution < -0.4 is 9.47 Å². The number of oxime groups is 1. The van der Waals surface area contributed by atoms with Crippen LogP contribution in [0.4, 0.5) is 9.18 Å². The second kappa shape index (κ2) is 22.5. The van der Waals surface area contributed by atoms with Crippen LogP contribution in [0, 0.1) is 23.6 Å². The first-order valence-electron chi connectivity index (χ1n) is 21.4. The predicted molar refractivity (Wildman–Crippen MR) is 227 cm³/mol. The largest absolute Gasteiger partial charge is 0.489 e. The van der Waals surface area contributed by atoms with Crippen molar-refractivity contribution in [3.05, 3.63) is 96.4 Å². The van der Waals surface area contributed by atoms with Gasteiger partial charge < -0.3 is 43.8 Å². The van der Waals surface area contributed by atoms with Gasteiger partial charge in [0.05, 0.1) is 44.7 Å². The van der Waals surface area contributed by atoms with E-state index in [0.29, 0.717) is 42.0 Å². The number of allylic oxidation sites excluding steroid dienone is 1. The molecule has 0 bridgehead atoms. The number of benzene rings is 2. The van der Waals surface area contributed by atoms with Crippen molar-refractivity contribution < 1.29 is 53.0 Å². The molecule has 1 saturated carbocycles. The Labute approximate surface area is 354 Å². The summed E-state index contributed by atoms with van der Waals surface area (Å²) in [6.07, 6.45) is 10.0. The van der Waals surface area contributed by atoms with Crippen molar-refractivity contribution in [3.63, 3.8) is 0 Å². The maximum Gasteiger partial charge on any atom is 0.410 e. The Kier molecular flexibility index (Phi) is 17.6. The first-order chi connectivity index (χ1) is 29.0. The molecule has 1 amide bonds. The van der Waals surface area contributed by atoms with Crippen LogP contribution in [0.3, 0.4) is 0 Å². The molecule has 330 valence electrons. The average molecular weight is 837 g/mol. The molecule has 2 aromatic carbocycles. The maximum absolute atomic E-state index is 14.7. The summed E-state index contributed by atoms with van der Waals surface area (Å²) in [5, 5.41) is 34.2. The van der Waals surface area contributed by atoms with E-state index >= 15 is 0 Å². The van der Waals surface area contributed by atoms with E-state index in [0.717, 1.165) is 36.8 Å². The Morgan fingerprint density at radius 3 is 2.47 bits per heavy atom. The molecule has 0 saturated heterocycles. The SMILES string of the molecule is C=CCCOC(=O)N(CCOCCO)[C@H]1CC(=NOC(C)(C)C)C2=C[C@H](CCCCO)[C@@H](CCCCO)[C@@H]3c4cc(OCc5ccccc5F)ccc4O[C@@]1(OCC=C)[C@H]23. The summed E-state index contributed by atoms with van der Waals surface area (Å²) in [6.45, 7) is 14.0. The molecular weight excluding hydrogens is 772 g/mol. The fourth-order valence-corrected chi connectivity index (χ4v) is 8.72. The molecule has 1 aliphatic heterocycles. The lowest BCUT2D eigenvalue weighted by Crippen LogP contribution is -2.70. The van der Waals surface area contributed by atoms with E-state index < -0.39 is 29.4 Å². The Bertz CT molecular complexity index is 1780. The lowest BCUT2D eigenvalue weighted by molar-refractivity contribution is -0.256. The summed E-state index contributed by atoms with van der Waals surface area (Å²) in [5.74, 6) is -1.60. The number of aliphatic hydroxyl groups excluding tert-OH is 3. The summed E-state index contributed by atoms with van der Waals surface area (Å²) >= 11 is 0. The molecule has 5 rings (SSSR count). The molecule has 3 aliphatic rings. The number of aliphatic hydroxyl groups is 3. The Morgan fingerprint density at radius 1 is 1.00 bits per heavy atom. The number of amides is 1. The van der Waals surface area contributed by atoms with Crippen molar-refractivity contribution in [1.82, 2.24) is 4.90 Å². The molecule has 0 aromatic heterocycles. The zero-order valence-corrected chi connectivity index (χ0v) is 35.6. The zero-order chi connectivity index (χ0) is 43.1. The van der Waals surface area contributed by atoms with Gasteiger partial charge in [0.25, 0.3) is 0 Å². The van der Waals surface area contributed by atoms with Crippen LogP contribution in [0.15, 0.2) is 84.6 Å². The Hall–Kier alpha value is -4.27. The van der Waals surface area contributed by atoms with Crippen molar-refractivity contribution in [1.29, 1.82) is 0 Å². The lowest BCUT2D eigenvalue weighted by atomic mass is 9.55. The van der Waals surface area contributed by atoms with Crippen LogP contribution >= 0.6 is 0 Å². The van der Waals surface area contributed by atoms with Gasteiger partial charge in [0.15, 0.2) is 0 Å². The van der Waals surface area contributed by atoms with Gasteiger partial charge in [-0.25, -0.2) is 9.18 Å². The van der Waals surface area contributed by atoms with Crippen LogP contribution in [0.25, 0.3) is 0 Å². The van der Waals surface area contributed by atoms with Gasteiger partial charge in [-0.15, -0.1) is 13.2 Å². The summed E-state index contributed by atoms with van der Waals surface area (Å²) in [4.78, 5) is 22.1. The fourth-order valence-electron chi connectivity index (χ4n) is 8.72. The Morgan fingerprint density at radius 2 is 1.77 bits per heavy atom. The minimum atomic E-state index is -1.51. The number of nitrogens with zero attached hydrogens (tertiary/aromatic N) is 2. The van der Waals surface area contributed by atoms with E-state index in [1.807, 2.05) is 32.9 Å². The van der Waals surface area contributed by atoms with Gasteiger partial charge in [-0.1, -0.05) is 54.4 Å². The Balaban J connectivity index is 1.76. The van der Waals surface area contributed by atoms with Crippen LogP contribution in [-0.4, -0.2) is 102 Å². The van der Waals surface area contributed by atoms with E-state index in [4.69, 9.17) is 33.7 Å². The summed E-state index contributed by atoms with van der Waals surface area (Å²) in [6, 6.07) is 11.3. The monoisotopic (exact) mass is 836 g/mol. The van der Waals surface area contributed by atoms with E-state index in [2.05, 4.69) is 19.2 Å². The van der Waals surface area contributed by atoms with Gasteiger partial charge in [-0.3, -0.25) is 4.90 Å². The number of rotatable bonds is 24. The molecule has 12 nitrogen and oxygen atoms in total. The predicted octanol–water partition coefficient (Wildman–Crippen LogP) is 7.86. The molecule has 0 radical (unpaired) electrons. The zero-order valence-electron chi connectivity index (χ0n) is 35.6. The van der Waals surface area contributed by atoms with Crippen molar-refractivity contribution in [2.24, 2.45) is 22.9 Å². The molecule has 3 N–H and O–H groups in total. The van der Waals surface area contributed by atoms with Gasteiger partial charge in [-0.05, 0) is 94.5 Å². The smallest absolute Gasteiger partial charge is 0.410 e. The number of carbonyl (C=O) groups is 1. The highest BCUT2D eigenvalue weighted by Crippen LogP contribution is 2.62. The lowest BCUT2D eigenvalue weighted by Gasteiger charge is -2.60. The molecule has 0 spiro atoms. The van der Waals surface area contributed by atoms with Crippen molar-refractivity contribution in [3.8, 4) is 11.5 Å². The average Bonchev–Trinajstić information content (AvgIpc) is 3.23. The summed E-state index contributed by atoms with van der Waals surface area (Å²) in [7, 11) is 0. The highest BCUT2D eigenvalue weighted by atomic mass is 19.1. The van der Waals surface area contributed by atoms with E-state index in [9.17, 15) is 24.5 Å².